The number of halogens is 3. The van der Waals surface area contributed by atoms with Gasteiger partial charge in [-0.25, -0.2) is 4.39 Å². The molecule has 0 fully saturated rings. The van der Waals surface area contributed by atoms with E-state index < -0.39 is 0 Å². The number of benzene rings is 1. The summed E-state index contributed by atoms with van der Waals surface area (Å²) in [5.41, 5.74) is 7.20. The van der Waals surface area contributed by atoms with Crippen molar-refractivity contribution >= 4 is 37.5 Å². The molecule has 2 N–H and O–H groups in total. The second kappa shape index (κ2) is 5.46. The van der Waals surface area contributed by atoms with Crippen LogP contribution in [0.15, 0.2) is 38.1 Å². The summed E-state index contributed by atoms with van der Waals surface area (Å²) in [5.74, 6) is -0.364. The van der Waals surface area contributed by atoms with Crippen molar-refractivity contribution in [1.29, 1.82) is 0 Å². The van der Waals surface area contributed by atoms with Gasteiger partial charge in [-0.05, 0) is 40.5 Å². The summed E-state index contributed by atoms with van der Waals surface area (Å²) in [6.07, 6.45) is 1.53. The number of anilines is 1. The van der Waals surface area contributed by atoms with E-state index in [1.807, 2.05) is 0 Å². The van der Waals surface area contributed by atoms with E-state index >= 15 is 0 Å². The predicted molar refractivity (Wildman–Crippen MR) is 80.8 cm³/mol. The maximum absolute atomic E-state index is 13.8. The normalized spacial score (nSPS) is 10.7. The van der Waals surface area contributed by atoms with Crippen molar-refractivity contribution < 1.29 is 4.39 Å². The summed E-state index contributed by atoms with van der Waals surface area (Å²) >= 11 is 6.40. The molecule has 0 spiro atoms. The number of hydrogen-bond acceptors (Lipinski definition) is 2. The third kappa shape index (κ3) is 2.90. The molecule has 1 aromatic carbocycles. The lowest BCUT2D eigenvalue weighted by molar-refractivity contribution is 0.595. The molecule has 0 aliphatic carbocycles. The lowest BCUT2D eigenvalue weighted by atomic mass is 10.2. The highest BCUT2D eigenvalue weighted by Gasteiger charge is 2.10. The smallest absolute Gasteiger partial charge is 0.265 e. The molecule has 100 valence electrons. The Morgan fingerprint density at radius 3 is 2.68 bits per heavy atom. The van der Waals surface area contributed by atoms with Gasteiger partial charge in [-0.3, -0.25) is 4.79 Å². The lowest BCUT2D eigenvalue weighted by Gasteiger charge is -2.11. The van der Waals surface area contributed by atoms with Gasteiger partial charge in [0.05, 0.1) is 16.7 Å². The fourth-order valence-corrected chi connectivity index (χ4v) is 2.48. The minimum absolute atomic E-state index is 0.140. The Morgan fingerprint density at radius 1 is 1.37 bits per heavy atom. The Bertz CT molecular complexity index is 698. The molecule has 1 heterocycles. The fourth-order valence-electron chi connectivity index (χ4n) is 1.69. The van der Waals surface area contributed by atoms with E-state index in [0.29, 0.717) is 25.8 Å². The summed E-state index contributed by atoms with van der Waals surface area (Å²) < 4.78 is 16.2. The third-order valence-corrected chi connectivity index (χ3v) is 4.29. The van der Waals surface area contributed by atoms with Crippen molar-refractivity contribution in [1.82, 2.24) is 4.57 Å². The van der Waals surface area contributed by atoms with Crippen molar-refractivity contribution in [2.24, 2.45) is 0 Å². The first-order valence-corrected chi connectivity index (χ1v) is 7.07. The van der Waals surface area contributed by atoms with Crippen molar-refractivity contribution in [2.45, 2.75) is 13.5 Å². The fraction of sp³-hybridized carbons (Fsp3) is 0.154. The molecule has 3 nitrogen and oxygen atoms in total. The second-order valence-electron chi connectivity index (χ2n) is 4.19. The van der Waals surface area contributed by atoms with Gasteiger partial charge in [-0.15, -0.1) is 0 Å². The molecule has 1 aromatic heterocycles. The molecule has 0 bridgehead atoms. The van der Waals surface area contributed by atoms with Crippen LogP contribution in [0.2, 0.25) is 0 Å². The van der Waals surface area contributed by atoms with Gasteiger partial charge in [0, 0.05) is 16.2 Å². The molecular formula is C13H11Br2FN2O. The molecule has 0 aliphatic rings. The SMILES string of the molecule is Cc1c(N)cn(Cc2ccc(Br)cc2F)c(=O)c1Br. The number of nitrogens with two attached hydrogens (primary N) is 1. The third-order valence-electron chi connectivity index (χ3n) is 2.86. The van der Waals surface area contributed by atoms with Crippen LogP contribution < -0.4 is 11.3 Å². The average molecular weight is 390 g/mol. The van der Waals surface area contributed by atoms with Gasteiger partial charge in [0.2, 0.25) is 0 Å². The predicted octanol–water partition coefficient (Wildman–Crippen LogP) is 3.45. The molecule has 0 radical (unpaired) electrons. The zero-order valence-electron chi connectivity index (χ0n) is 10.1. The Balaban J connectivity index is 2.47. The van der Waals surface area contributed by atoms with Crippen LogP contribution in [0, 0.1) is 12.7 Å². The summed E-state index contributed by atoms with van der Waals surface area (Å²) in [6.45, 7) is 1.90. The van der Waals surface area contributed by atoms with E-state index in [9.17, 15) is 9.18 Å². The first-order chi connectivity index (χ1) is 8.90. The second-order valence-corrected chi connectivity index (χ2v) is 5.90. The van der Waals surface area contributed by atoms with Gasteiger partial charge in [0.1, 0.15) is 5.82 Å². The molecule has 0 aliphatic heterocycles. The highest BCUT2D eigenvalue weighted by Crippen LogP contribution is 2.19. The largest absolute Gasteiger partial charge is 0.397 e. The lowest BCUT2D eigenvalue weighted by Crippen LogP contribution is -2.23. The molecular weight excluding hydrogens is 379 g/mol. The zero-order valence-corrected chi connectivity index (χ0v) is 13.3. The van der Waals surface area contributed by atoms with Gasteiger partial charge in [-0.2, -0.15) is 0 Å². The van der Waals surface area contributed by atoms with Gasteiger partial charge >= 0.3 is 0 Å². The van der Waals surface area contributed by atoms with Gasteiger partial charge in [0.25, 0.3) is 5.56 Å². The first kappa shape index (κ1) is 14.3. The molecule has 0 saturated carbocycles. The molecule has 2 rings (SSSR count). The van der Waals surface area contributed by atoms with Gasteiger partial charge in [0.15, 0.2) is 0 Å². The van der Waals surface area contributed by atoms with E-state index in [1.54, 1.807) is 19.1 Å². The van der Waals surface area contributed by atoms with Crippen molar-refractivity contribution in [2.75, 3.05) is 5.73 Å². The topological polar surface area (TPSA) is 48.0 Å². The van der Waals surface area contributed by atoms with Crippen LogP contribution in [0.1, 0.15) is 11.1 Å². The van der Waals surface area contributed by atoms with Crippen molar-refractivity contribution in [3.8, 4) is 0 Å². The van der Waals surface area contributed by atoms with E-state index in [4.69, 9.17) is 5.73 Å². The maximum Gasteiger partial charge on any atom is 0.265 e. The van der Waals surface area contributed by atoms with Crippen LogP contribution in [-0.4, -0.2) is 4.57 Å². The highest BCUT2D eigenvalue weighted by atomic mass is 79.9. The molecule has 0 atom stereocenters. The van der Waals surface area contributed by atoms with Crippen LogP contribution in [0.5, 0.6) is 0 Å². The standard InChI is InChI=1S/C13H11Br2FN2O/c1-7-11(17)6-18(13(19)12(7)15)5-8-2-3-9(14)4-10(8)16/h2-4,6H,5,17H2,1H3. The average Bonchev–Trinajstić information content (AvgIpc) is 2.36. The van der Waals surface area contributed by atoms with Crippen LogP contribution in [0.3, 0.4) is 0 Å². The van der Waals surface area contributed by atoms with Crippen molar-refractivity contribution in [3.63, 3.8) is 0 Å². The Kier molecular flexibility index (Phi) is 4.10. The number of nitrogens with zero attached hydrogens (tertiary/aromatic N) is 1. The van der Waals surface area contributed by atoms with Crippen LogP contribution in [0.4, 0.5) is 10.1 Å². The summed E-state index contributed by atoms with van der Waals surface area (Å²) in [4.78, 5) is 12.1. The number of rotatable bonds is 2. The molecule has 0 saturated heterocycles. The minimum atomic E-state index is -0.364. The minimum Gasteiger partial charge on any atom is -0.397 e. The monoisotopic (exact) mass is 388 g/mol. The Morgan fingerprint density at radius 2 is 2.05 bits per heavy atom. The Hall–Kier alpha value is -1.14. The van der Waals surface area contributed by atoms with Crippen LogP contribution in [0.25, 0.3) is 0 Å². The molecule has 0 unspecified atom stereocenters. The number of hydrogen-bond donors (Lipinski definition) is 1. The molecule has 2 aromatic rings. The van der Waals surface area contributed by atoms with E-state index in [0.717, 1.165) is 0 Å². The summed E-state index contributed by atoms with van der Waals surface area (Å²) in [6, 6.07) is 4.73. The maximum atomic E-state index is 13.8. The Labute approximate surface area is 126 Å². The number of pyridine rings is 1. The van der Waals surface area contributed by atoms with Gasteiger partial charge < -0.3 is 10.3 Å². The molecule has 19 heavy (non-hydrogen) atoms. The van der Waals surface area contributed by atoms with E-state index in [2.05, 4.69) is 31.9 Å². The first-order valence-electron chi connectivity index (χ1n) is 5.49. The van der Waals surface area contributed by atoms with Crippen LogP contribution in [-0.2, 0) is 6.54 Å². The number of nitrogen functional groups attached to an aromatic ring is 1. The van der Waals surface area contributed by atoms with E-state index in [-0.39, 0.29) is 17.9 Å². The number of aromatic nitrogens is 1. The summed E-state index contributed by atoms with van der Waals surface area (Å²) in [7, 11) is 0. The van der Waals surface area contributed by atoms with Crippen LogP contribution >= 0.6 is 31.9 Å². The van der Waals surface area contributed by atoms with Crippen molar-refractivity contribution in [3.05, 3.63) is 60.6 Å². The zero-order chi connectivity index (χ0) is 14.2. The van der Waals surface area contributed by atoms with Gasteiger partial charge in [-0.1, -0.05) is 22.0 Å². The highest BCUT2D eigenvalue weighted by molar-refractivity contribution is 9.10. The molecule has 0 amide bonds. The van der Waals surface area contributed by atoms with E-state index in [1.165, 1.54) is 16.8 Å². The molecule has 6 heteroatoms. The summed E-state index contributed by atoms with van der Waals surface area (Å²) in [5, 5.41) is 0. The quantitative estimate of drug-likeness (QED) is 0.854.